The Morgan fingerprint density at radius 3 is 2.42 bits per heavy atom. The van der Waals surface area contributed by atoms with E-state index in [1.165, 1.54) is 50.3 Å². The molecule has 3 fully saturated rings. The van der Waals surface area contributed by atoms with E-state index in [4.69, 9.17) is 4.74 Å². The Bertz CT molecular complexity index is 572. The molecule has 31 heavy (non-hydrogen) atoms. The number of hydrogen-bond donors (Lipinski definition) is 5. The Labute approximate surface area is 191 Å². The Kier molecular flexibility index (Phi) is 9.49. The predicted molar refractivity (Wildman–Crippen MR) is 123 cm³/mol. The van der Waals surface area contributed by atoms with Gasteiger partial charge in [0.2, 0.25) is 5.91 Å². The first-order chi connectivity index (χ1) is 14.8. The molecule has 7 nitrogen and oxygen atoms in total. The van der Waals surface area contributed by atoms with Crippen LogP contribution in [0.15, 0.2) is 0 Å². The number of piperidine rings is 1. The molecule has 0 aromatic carbocycles. The van der Waals surface area contributed by atoms with Crippen molar-refractivity contribution in [3.05, 3.63) is 0 Å². The number of hydrogen-bond acceptors (Lipinski definition) is 7. The lowest BCUT2D eigenvalue weighted by Crippen LogP contribution is -2.65. The van der Waals surface area contributed by atoms with Gasteiger partial charge in [-0.25, -0.2) is 0 Å². The van der Waals surface area contributed by atoms with Crippen molar-refractivity contribution in [3.8, 4) is 0 Å². The Hall–Kier alpha value is -0.380. The molecule has 8 atom stereocenters. The molecule has 8 unspecified atom stereocenters. The second-order valence-electron chi connectivity index (χ2n) is 10.1. The van der Waals surface area contributed by atoms with Crippen LogP contribution in [0.3, 0.4) is 0 Å². The molecule has 2 saturated heterocycles. The van der Waals surface area contributed by atoms with Crippen LogP contribution in [0, 0.1) is 17.8 Å². The van der Waals surface area contributed by atoms with Crippen molar-refractivity contribution in [1.82, 2.24) is 10.6 Å². The molecular weight excluding hydrogens is 416 g/mol. The van der Waals surface area contributed by atoms with Gasteiger partial charge in [0.15, 0.2) is 0 Å². The quantitative estimate of drug-likeness (QED) is 0.394. The van der Waals surface area contributed by atoms with Crippen molar-refractivity contribution in [2.24, 2.45) is 17.8 Å². The zero-order valence-electron chi connectivity index (χ0n) is 19.2. The van der Waals surface area contributed by atoms with E-state index in [2.05, 4.69) is 10.6 Å². The van der Waals surface area contributed by atoms with E-state index in [-0.39, 0.29) is 17.9 Å². The average molecular weight is 459 g/mol. The minimum absolute atomic E-state index is 0.00447. The second-order valence-corrected chi connectivity index (χ2v) is 11.0. The summed E-state index contributed by atoms with van der Waals surface area (Å²) in [5.74, 6) is 1.32. The number of ether oxygens (including phenoxy) is 1. The molecule has 180 valence electrons. The third kappa shape index (κ3) is 6.36. The molecule has 0 bridgehead atoms. The van der Waals surface area contributed by atoms with E-state index >= 15 is 0 Å². The van der Waals surface area contributed by atoms with Gasteiger partial charge in [-0.05, 0) is 49.8 Å². The number of aliphatic hydroxyl groups excluding tert-OH is 3. The van der Waals surface area contributed by atoms with Crippen molar-refractivity contribution in [1.29, 1.82) is 0 Å². The highest BCUT2D eigenvalue weighted by molar-refractivity contribution is 7.99. The molecule has 0 spiro atoms. The van der Waals surface area contributed by atoms with Gasteiger partial charge in [0, 0.05) is 0 Å². The molecule has 3 aliphatic rings. The van der Waals surface area contributed by atoms with Crippen LogP contribution < -0.4 is 10.6 Å². The summed E-state index contributed by atoms with van der Waals surface area (Å²) in [7, 11) is 0. The molecule has 0 aromatic rings. The Morgan fingerprint density at radius 1 is 1.06 bits per heavy atom. The number of carbonyl (C=O) groups is 1. The number of aliphatic hydroxyl groups is 3. The fourth-order valence-corrected chi connectivity index (χ4v) is 6.24. The molecule has 1 amide bonds. The van der Waals surface area contributed by atoms with Crippen LogP contribution in [0.1, 0.15) is 65.2 Å². The zero-order valence-corrected chi connectivity index (χ0v) is 20.0. The summed E-state index contributed by atoms with van der Waals surface area (Å²) in [6, 6.07) is -0.698. The van der Waals surface area contributed by atoms with E-state index in [0.717, 1.165) is 25.3 Å². The topological polar surface area (TPSA) is 111 Å². The first-order valence-electron chi connectivity index (χ1n) is 12.1. The second kappa shape index (κ2) is 11.7. The summed E-state index contributed by atoms with van der Waals surface area (Å²) in [4.78, 5) is 13.2. The van der Waals surface area contributed by atoms with E-state index in [9.17, 15) is 20.1 Å². The molecule has 1 saturated carbocycles. The van der Waals surface area contributed by atoms with Crippen LogP contribution >= 0.6 is 11.8 Å². The predicted octanol–water partition coefficient (Wildman–Crippen LogP) is 1.64. The van der Waals surface area contributed by atoms with E-state index in [1.54, 1.807) is 6.26 Å². The first-order valence-corrected chi connectivity index (χ1v) is 13.4. The van der Waals surface area contributed by atoms with Gasteiger partial charge in [0.25, 0.3) is 0 Å². The number of thioether (sulfide) groups is 1. The minimum Gasteiger partial charge on any atom is -0.388 e. The summed E-state index contributed by atoms with van der Waals surface area (Å²) >= 11 is 1.29. The summed E-state index contributed by atoms with van der Waals surface area (Å²) in [6.45, 7) is 4.78. The van der Waals surface area contributed by atoms with Gasteiger partial charge in [0.1, 0.15) is 29.9 Å². The highest BCUT2D eigenvalue weighted by Gasteiger charge is 2.47. The number of carbonyl (C=O) groups excluding carboxylic acids is 1. The highest BCUT2D eigenvalue weighted by atomic mass is 32.2. The smallest absolute Gasteiger partial charge is 0.237 e. The maximum atomic E-state index is 13.2. The van der Waals surface area contributed by atoms with E-state index in [0.29, 0.717) is 5.92 Å². The molecule has 3 rings (SSSR count). The lowest BCUT2D eigenvalue weighted by Gasteiger charge is -2.44. The Balaban J connectivity index is 1.60. The lowest BCUT2D eigenvalue weighted by molar-refractivity contribution is -0.208. The summed E-state index contributed by atoms with van der Waals surface area (Å²) in [5.41, 5.74) is -0.644. The summed E-state index contributed by atoms with van der Waals surface area (Å²) < 4.78 is 5.93. The maximum absolute atomic E-state index is 13.2. The van der Waals surface area contributed by atoms with Crippen molar-refractivity contribution >= 4 is 17.7 Å². The van der Waals surface area contributed by atoms with Crippen molar-refractivity contribution in [2.45, 2.75) is 107 Å². The van der Waals surface area contributed by atoms with Crippen molar-refractivity contribution in [2.75, 3.05) is 12.8 Å². The van der Waals surface area contributed by atoms with Gasteiger partial charge in [-0.15, -0.1) is 11.8 Å². The molecule has 2 heterocycles. The average Bonchev–Trinajstić information content (AvgIpc) is 2.77. The third-order valence-corrected chi connectivity index (χ3v) is 8.29. The van der Waals surface area contributed by atoms with E-state index in [1.807, 2.05) is 13.8 Å². The molecule has 2 aliphatic heterocycles. The summed E-state index contributed by atoms with van der Waals surface area (Å²) in [6.07, 6.45) is 7.19. The highest BCUT2D eigenvalue weighted by Crippen LogP contribution is 2.33. The Morgan fingerprint density at radius 2 is 1.77 bits per heavy atom. The van der Waals surface area contributed by atoms with Crippen LogP contribution in [-0.2, 0) is 9.53 Å². The number of nitrogens with one attached hydrogen (secondary N) is 2. The van der Waals surface area contributed by atoms with Gasteiger partial charge in [0.05, 0.1) is 12.1 Å². The van der Waals surface area contributed by atoms with E-state index < -0.39 is 35.9 Å². The third-order valence-electron chi connectivity index (χ3n) is 7.44. The van der Waals surface area contributed by atoms with Crippen LogP contribution in [0.25, 0.3) is 0 Å². The van der Waals surface area contributed by atoms with Crippen LogP contribution in [-0.4, -0.2) is 76.0 Å². The molecule has 8 heteroatoms. The van der Waals surface area contributed by atoms with Crippen LogP contribution in [0.4, 0.5) is 0 Å². The van der Waals surface area contributed by atoms with Crippen LogP contribution in [0.5, 0.6) is 0 Å². The van der Waals surface area contributed by atoms with Gasteiger partial charge >= 0.3 is 0 Å². The SMILES string of the molecule is CSC1OC(C(NC(=O)C2CC(CC3CCCCC3)CCN2)C(C)C)C(O)C(O)C1O. The van der Waals surface area contributed by atoms with Crippen molar-refractivity contribution in [3.63, 3.8) is 0 Å². The minimum atomic E-state index is -1.30. The zero-order chi connectivity index (χ0) is 22.5. The van der Waals surface area contributed by atoms with Crippen LogP contribution in [0.2, 0.25) is 0 Å². The normalized spacial score (nSPS) is 38.7. The first kappa shape index (κ1) is 25.2. The fourth-order valence-electron chi connectivity index (χ4n) is 5.56. The van der Waals surface area contributed by atoms with Crippen molar-refractivity contribution < 1.29 is 24.9 Å². The maximum Gasteiger partial charge on any atom is 0.237 e. The number of amides is 1. The molecule has 0 aromatic heterocycles. The molecular formula is C23H42N2O5S. The monoisotopic (exact) mass is 458 g/mol. The summed E-state index contributed by atoms with van der Waals surface area (Å²) in [5, 5.41) is 37.5. The fraction of sp³-hybridized carbons (Fsp3) is 0.957. The van der Waals surface area contributed by atoms with Gasteiger partial charge < -0.3 is 30.7 Å². The van der Waals surface area contributed by atoms with Gasteiger partial charge in [-0.3, -0.25) is 4.79 Å². The molecule has 5 N–H and O–H groups in total. The largest absolute Gasteiger partial charge is 0.388 e. The van der Waals surface area contributed by atoms with Gasteiger partial charge in [-0.2, -0.15) is 0 Å². The molecule has 1 aliphatic carbocycles. The lowest BCUT2D eigenvalue weighted by atomic mass is 9.78. The van der Waals surface area contributed by atoms with Gasteiger partial charge in [-0.1, -0.05) is 46.0 Å². The molecule has 0 radical (unpaired) electrons. The number of rotatable bonds is 7. The standard InChI is InChI=1S/C23H42N2O5S/c1-13(2)17(21-19(27)18(26)20(28)23(30-21)31-3)25-22(29)16-12-15(9-10-24-16)11-14-7-5-4-6-8-14/h13-21,23-24,26-28H,4-12H2,1-3H3,(H,25,29).